The molecule has 1 N–H and O–H groups in total. The number of allylic oxidation sites excluding steroid dienone is 2. The van der Waals surface area contributed by atoms with Crippen molar-refractivity contribution in [2.24, 2.45) is 5.92 Å². The van der Waals surface area contributed by atoms with Crippen LogP contribution in [0.3, 0.4) is 0 Å². The minimum absolute atomic E-state index is 0.0765. The zero-order valence-electron chi connectivity index (χ0n) is 15.1. The van der Waals surface area contributed by atoms with Crippen LogP contribution < -0.4 is 0 Å². The minimum atomic E-state index is -0.801. The van der Waals surface area contributed by atoms with E-state index in [0.717, 1.165) is 11.1 Å². The average Bonchev–Trinajstić information content (AvgIpc) is 2.68. The molecule has 2 heterocycles. The molecular formula is C21H21Cl2NO4. The molecule has 5 nitrogen and oxygen atoms in total. The molecule has 3 rings (SSSR count). The lowest BCUT2D eigenvalue weighted by Gasteiger charge is -2.37. The number of aliphatic carboxylic acids is 1. The normalized spacial score (nSPS) is 22.4. The van der Waals surface area contributed by atoms with Gasteiger partial charge in [0.1, 0.15) is 0 Å². The first-order chi connectivity index (χ1) is 13.5. The molecule has 0 unspecified atom stereocenters. The molecule has 1 fully saturated rings. The molecule has 0 bridgehead atoms. The highest BCUT2D eigenvalue weighted by Gasteiger charge is 2.34. The summed E-state index contributed by atoms with van der Waals surface area (Å²) < 4.78 is 12.2. The van der Waals surface area contributed by atoms with E-state index in [9.17, 15) is 4.79 Å². The van der Waals surface area contributed by atoms with Crippen LogP contribution in [0, 0.1) is 5.92 Å². The lowest BCUT2D eigenvalue weighted by atomic mass is 9.92. The van der Waals surface area contributed by atoms with Gasteiger partial charge in [0.15, 0.2) is 6.29 Å². The van der Waals surface area contributed by atoms with Crippen LogP contribution in [0.25, 0.3) is 0 Å². The van der Waals surface area contributed by atoms with E-state index in [1.54, 1.807) is 24.5 Å². The van der Waals surface area contributed by atoms with E-state index in [2.05, 4.69) is 4.98 Å². The predicted octanol–water partition coefficient (Wildman–Crippen LogP) is 5.60. The largest absolute Gasteiger partial charge is 0.481 e. The number of halogens is 2. The molecular weight excluding hydrogens is 401 g/mol. The quantitative estimate of drug-likeness (QED) is 0.588. The Kier molecular flexibility index (Phi) is 7.45. The summed E-state index contributed by atoms with van der Waals surface area (Å²) in [6.07, 6.45) is 7.90. The summed E-state index contributed by atoms with van der Waals surface area (Å²) >= 11 is 12.3. The fourth-order valence-corrected chi connectivity index (χ4v) is 3.62. The van der Waals surface area contributed by atoms with E-state index in [1.165, 1.54) is 0 Å². The maximum atomic E-state index is 10.6. The summed E-state index contributed by atoms with van der Waals surface area (Å²) in [4.78, 5) is 14.8. The van der Waals surface area contributed by atoms with Crippen LogP contribution in [-0.2, 0) is 14.3 Å². The second-order valence-electron chi connectivity index (χ2n) is 6.57. The molecule has 148 valence electrons. The molecule has 1 aliphatic rings. The van der Waals surface area contributed by atoms with Crippen LogP contribution in [0.1, 0.15) is 42.8 Å². The molecule has 2 aromatic rings. The molecule has 28 heavy (non-hydrogen) atoms. The number of hydrogen-bond acceptors (Lipinski definition) is 4. The number of ether oxygens (including phenoxy) is 2. The minimum Gasteiger partial charge on any atom is -0.481 e. The summed E-state index contributed by atoms with van der Waals surface area (Å²) in [6.45, 7) is 0.479. The van der Waals surface area contributed by atoms with Crippen LogP contribution in [0.4, 0.5) is 0 Å². The van der Waals surface area contributed by atoms with Gasteiger partial charge in [-0.1, -0.05) is 47.5 Å². The van der Waals surface area contributed by atoms with Gasteiger partial charge >= 0.3 is 5.97 Å². The van der Waals surface area contributed by atoms with Gasteiger partial charge in [-0.3, -0.25) is 9.78 Å². The molecule has 3 atom stereocenters. The van der Waals surface area contributed by atoms with Crippen LogP contribution in [0.5, 0.6) is 0 Å². The van der Waals surface area contributed by atoms with E-state index in [1.807, 2.05) is 30.4 Å². The topological polar surface area (TPSA) is 68.7 Å². The molecule has 1 aromatic carbocycles. The van der Waals surface area contributed by atoms with E-state index >= 15 is 0 Å². The van der Waals surface area contributed by atoms with Crippen molar-refractivity contribution in [3.05, 3.63) is 76.0 Å². The molecule has 1 aromatic heterocycles. The second kappa shape index (κ2) is 10.0. The van der Waals surface area contributed by atoms with E-state index in [4.69, 9.17) is 37.8 Å². The predicted molar refractivity (Wildman–Crippen MR) is 107 cm³/mol. The smallest absolute Gasteiger partial charge is 0.303 e. The molecule has 0 saturated carbocycles. The first-order valence-corrected chi connectivity index (χ1v) is 9.79. The number of aromatic nitrogens is 1. The Balaban J connectivity index is 1.74. The van der Waals surface area contributed by atoms with Gasteiger partial charge in [0.05, 0.1) is 17.7 Å². The number of carboxylic acids is 1. The van der Waals surface area contributed by atoms with Crippen LogP contribution >= 0.6 is 23.2 Å². The van der Waals surface area contributed by atoms with Gasteiger partial charge in [-0.25, -0.2) is 0 Å². The van der Waals surface area contributed by atoms with Crippen molar-refractivity contribution in [2.45, 2.75) is 31.7 Å². The first kappa shape index (κ1) is 20.8. The van der Waals surface area contributed by atoms with Crippen LogP contribution in [0.2, 0.25) is 10.0 Å². The summed E-state index contributed by atoms with van der Waals surface area (Å²) in [5, 5.41) is 9.78. The molecule has 0 amide bonds. The molecule has 0 radical (unpaired) electrons. The first-order valence-electron chi connectivity index (χ1n) is 9.03. The molecule has 0 aliphatic carbocycles. The maximum absolute atomic E-state index is 10.6. The summed E-state index contributed by atoms with van der Waals surface area (Å²) in [5.74, 6) is -0.725. The number of benzene rings is 1. The molecule has 1 aliphatic heterocycles. The van der Waals surface area contributed by atoms with Gasteiger partial charge in [-0.2, -0.15) is 0 Å². The molecule has 0 spiro atoms. The number of hydrogen-bond donors (Lipinski definition) is 1. The number of carboxylic acid groups (broad SMARTS) is 1. The third-order valence-electron chi connectivity index (χ3n) is 4.52. The van der Waals surface area contributed by atoms with Gasteiger partial charge in [-0.15, -0.1) is 0 Å². The van der Waals surface area contributed by atoms with Crippen molar-refractivity contribution in [1.82, 2.24) is 4.98 Å². The number of nitrogens with zero attached hydrogens (tertiary/aromatic N) is 1. The summed E-state index contributed by atoms with van der Waals surface area (Å²) in [7, 11) is 0. The lowest BCUT2D eigenvalue weighted by molar-refractivity contribution is -0.243. The molecule has 1 saturated heterocycles. The second-order valence-corrected chi connectivity index (χ2v) is 7.42. The van der Waals surface area contributed by atoms with E-state index in [0.29, 0.717) is 29.5 Å². The van der Waals surface area contributed by atoms with Gasteiger partial charge in [0.2, 0.25) is 0 Å². The fraction of sp³-hybridized carbons (Fsp3) is 0.333. The average molecular weight is 422 g/mol. The highest BCUT2D eigenvalue weighted by atomic mass is 35.5. The van der Waals surface area contributed by atoms with Gasteiger partial charge in [0.25, 0.3) is 0 Å². The Morgan fingerprint density at radius 1 is 1.29 bits per heavy atom. The summed E-state index contributed by atoms with van der Waals surface area (Å²) in [5.41, 5.74) is 1.69. The van der Waals surface area contributed by atoms with Gasteiger partial charge in [-0.05, 0) is 36.6 Å². The summed E-state index contributed by atoms with van der Waals surface area (Å²) in [6, 6.07) is 9.08. The monoisotopic (exact) mass is 421 g/mol. The van der Waals surface area contributed by atoms with E-state index < -0.39 is 12.3 Å². The Morgan fingerprint density at radius 3 is 2.86 bits per heavy atom. The zero-order chi connectivity index (χ0) is 19.9. The SMILES string of the molecule is O=C(O)CC/C=C\C[C@@H]1CO[C@H](c2ccc(Cl)cc2Cl)O[C@@H]1c1cccnc1. The number of carbonyl (C=O) groups is 1. The number of pyridine rings is 1. The van der Waals surface area contributed by atoms with Crippen LogP contribution in [-0.4, -0.2) is 22.7 Å². The third kappa shape index (κ3) is 5.55. The third-order valence-corrected chi connectivity index (χ3v) is 5.08. The van der Waals surface area contributed by atoms with Crippen molar-refractivity contribution in [3.63, 3.8) is 0 Å². The highest BCUT2D eigenvalue weighted by molar-refractivity contribution is 6.35. The van der Waals surface area contributed by atoms with Gasteiger partial charge in [0, 0.05) is 35.3 Å². The van der Waals surface area contributed by atoms with Crippen molar-refractivity contribution in [2.75, 3.05) is 6.61 Å². The highest BCUT2D eigenvalue weighted by Crippen LogP contribution is 2.41. The Labute approximate surface area is 173 Å². The Hall–Kier alpha value is -1.92. The maximum Gasteiger partial charge on any atom is 0.303 e. The van der Waals surface area contributed by atoms with Crippen molar-refractivity contribution in [3.8, 4) is 0 Å². The Bertz CT molecular complexity index is 828. The lowest BCUT2D eigenvalue weighted by Crippen LogP contribution is -2.30. The van der Waals surface area contributed by atoms with Gasteiger partial charge < -0.3 is 14.6 Å². The van der Waals surface area contributed by atoms with Crippen molar-refractivity contribution >= 4 is 29.2 Å². The number of rotatable bonds is 7. The standard InChI is InChI=1S/C21H21Cl2NO4/c22-16-8-9-17(18(23)11-16)21-27-13-15(5-2-1-3-7-19(25)26)20(28-21)14-6-4-10-24-12-14/h1-2,4,6,8-12,15,20-21H,3,5,7,13H2,(H,25,26)/b2-1-/t15-,20-,21+/m1/s1. The van der Waals surface area contributed by atoms with Crippen molar-refractivity contribution in [1.29, 1.82) is 0 Å². The fourth-order valence-electron chi connectivity index (χ4n) is 3.12. The van der Waals surface area contributed by atoms with E-state index in [-0.39, 0.29) is 18.4 Å². The van der Waals surface area contributed by atoms with Crippen LogP contribution in [0.15, 0.2) is 54.9 Å². The molecule has 7 heteroatoms. The Morgan fingerprint density at radius 2 is 2.14 bits per heavy atom. The van der Waals surface area contributed by atoms with Crippen molar-refractivity contribution < 1.29 is 19.4 Å². The zero-order valence-corrected chi connectivity index (χ0v) is 16.6.